The predicted molar refractivity (Wildman–Crippen MR) is 59.6 cm³/mol. The van der Waals surface area contributed by atoms with Crippen molar-refractivity contribution in [3.63, 3.8) is 0 Å². The van der Waals surface area contributed by atoms with E-state index in [4.69, 9.17) is 10.0 Å². The topological polar surface area (TPSA) is 40.5 Å². The van der Waals surface area contributed by atoms with Crippen molar-refractivity contribution in [1.82, 2.24) is 0 Å². The molecule has 0 unspecified atom stereocenters. The van der Waals surface area contributed by atoms with Crippen molar-refractivity contribution in [3.8, 4) is 10.4 Å². The van der Waals surface area contributed by atoms with Gasteiger partial charge in [-0.2, -0.15) is 0 Å². The van der Waals surface area contributed by atoms with E-state index in [1.165, 1.54) is 11.3 Å². The molecule has 0 aliphatic rings. The van der Waals surface area contributed by atoms with Gasteiger partial charge >= 0.3 is 7.12 Å². The highest BCUT2D eigenvalue weighted by molar-refractivity contribution is 7.14. The van der Waals surface area contributed by atoms with E-state index in [9.17, 15) is 0 Å². The fourth-order valence-electron chi connectivity index (χ4n) is 1.24. The summed E-state index contributed by atoms with van der Waals surface area (Å²) >= 11 is 1.51. The molecule has 2 rings (SSSR count). The molecule has 2 N–H and O–H groups in total. The van der Waals surface area contributed by atoms with Gasteiger partial charge in [-0.05, 0) is 22.5 Å². The molecule has 1 aromatic carbocycles. The molecular formula is C10H9BO2S. The fourth-order valence-corrected chi connectivity index (χ4v) is 2.17. The van der Waals surface area contributed by atoms with E-state index in [-0.39, 0.29) is 0 Å². The molecule has 0 aliphatic heterocycles. The SMILES string of the molecule is OB(O)c1csc(-c2ccccc2)c1. The first-order valence-electron chi connectivity index (χ1n) is 4.27. The zero-order valence-corrected chi connectivity index (χ0v) is 8.24. The summed E-state index contributed by atoms with van der Waals surface area (Å²) in [6.07, 6.45) is 0. The second kappa shape index (κ2) is 3.96. The Balaban J connectivity index is 2.34. The Morgan fingerprint density at radius 1 is 1.07 bits per heavy atom. The molecular weight excluding hydrogens is 195 g/mol. The van der Waals surface area contributed by atoms with Gasteiger partial charge in [0.05, 0.1) is 0 Å². The molecule has 2 aromatic rings. The molecule has 0 spiro atoms. The zero-order chi connectivity index (χ0) is 9.97. The van der Waals surface area contributed by atoms with Gasteiger partial charge in [-0.3, -0.25) is 0 Å². The molecule has 0 aliphatic carbocycles. The minimum absolute atomic E-state index is 0.550. The van der Waals surface area contributed by atoms with Crippen LogP contribution >= 0.6 is 11.3 Å². The molecule has 0 radical (unpaired) electrons. The van der Waals surface area contributed by atoms with Gasteiger partial charge in [0.25, 0.3) is 0 Å². The highest BCUT2D eigenvalue weighted by Gasteiger charge is 2.13. The van der Waals surface area contributed by atoms with Crippen LogP contribution in [-0.4, -0.2) is 17.2 Å². The molecule has 0 bridgehead atoms. The van der Waals surface area contributed by atoms with Crippen molar-refractivity contribution < 1.29 is 10.0 Å². The Hall–Kier alpha value is -1.10. The third-order valence-corrected chi connectivity index (χ3v) is 2.97. The largest absolute Gasteiger partial charge is 0.489 e. The van der Waals surface area contributed by atoms with Crippen LogP contribution < -0.4 is 5.46 Å². The molecule has 14 heavy (non-hydrogen) atoms. The summed E-state index contributed by atoms with van der Waals surface area (Å²) in [4.78, 5) is 1.05. The van der Waals surface area contributed by atoms with Crippen LogP contribution in [0.15, 0.2) is 41.8 Å². The summed E-state index contributed by atoms with van der Waals surface area (Å²) in [7, 11) is -1.37. The summed E-state index contributed by atoms with van der Waals surface area (Å²) < 4.78 is 0. The van der Waals surface area contributed by atoms with Crippen LogP contribution in [0.4, 0.5) is 0 Å². The van der Waals surface area contributed by atoms with E-state index in [0.717, 1.165) is 10.4 Å². The van der Waals surface area contributed by atoms with Crippen molar-refractivity contribution in [2.24, 2.45) is 0 Å². The van der Waals surface area contributed by atoms with E-state index in [1.54, 1.807) is 11.4 Å². The van der Waals surface area contributed by atoms with E-state index < -0.39 is 7.12 Å². The first-order valence-corrected chi connectivity index (χ1v) is 5.15. The van der Waals surface area contributed by atoms with E-state index in [1.807, 2.05) is 30.3 Å². The van der Waals surface area contributed by atoms with Crippen molar-refractivity contribution in [1.29, 1.82) is 0 Å². The Labute approximate surface area is 86.6 Å². The van der Waals surface area contributed by atoms with Crippen LogP contribution in [-0.2, 0) is 0 Å². The number of rotatable bonds is 2. The molecule has 0 fully saturated rings. The summed E-state index contributed by atoms with van der Waals surface area (Å²) in [6, 6.07) is 11.7. The summed E-state index contributed by atoms with van der Waals surface area (Å²) in [5.74, 6) is 0. The lowest BCUT2D eigenvalue weighted by atomic mass is 9.82. The van der Waals surface area contributed by atoms with Gasteiger partial charge in [-0.1, -0.05) is 30.3 Å². The van der Waals surface area contributed by atoms with E-state index >= 15 is 0 Å². The van der Waals surface area contributed by atoms with Gasteiger partial charge in [-0.25, -0.2) is 0 Å². The summed E-state index contributed by atoms with van der Waals surface area (Å²) in [6.45, 7) is 0. The number of benzene rings is 1. The molecule has 70 valence electrons. The molecule has 1 aromatic heterocycles. The van der Waals surface area contributed by atoms with Crippen LogP contribution in [0.3, 0.4) is 0 Å². The third kappa shape index (κ3) is 1.87. The lowest BCUT2D eigenvalue weighted by Gasteiger charge is -1.94. The maximum absolute atomic E-state index is 8.95. The van der Waals surface area contributed by atoms with Crippen molar-refractivity contribution >= 4 is 23.9 Å². The zero-order valence-electron chi connectivity index (χ0n) is 7.42. The lowest BCUT2D eigenvalue weighted by molar-refractivity contribution is 0.426. The van der Waals surface area contributed by atoms with Crippen LogP contribution in [0.25, 0.3) is 10.4 Å². The maximum atomic E-state index is 8.95. The van der Waals surface area contributed by atoms with Gasteiger partial charge in [0.15, 0.2) is 0 Å². The summed E-state index contributed by atoms with van der Waals surface area (Å²) in [5.41, 5.74) is 1.65. The normalized spacial score (nSPS) is 10.1. The van der Waals surface area contributed by atoms with Crippen molar-refractivity contribution in [2.45, 2.75) is 0 Å². The van der Waals surface area contributed by atoms with Crippen molar-refractivity contribution in [3.05, 3.63) is 41.8 Å². The second-order valence-electron chi connectivity index (χ2n) is 2.98. The van der Waals surface area contributed by atoms with Gasteiger partial charge in [0, 0.05) is 4.88 Å². The number of thiophene rings is 1. The average molecular weight is 204 g/mol. The average Bonchev–Trinajstić information content (AvgIpc) is 2.68. The quantitative estimate of drug-likeness (QED) is 0.719. The van der Waals surface area contributed by atoms with Gasteiger partial charge in [0.2, 0.25) is 0 Å². The molecule has 0 saturated carbocycles. The van der Waals surface area contributed by atoms with E-state index in [2.05, 4.69) is 0 Å². The Morgan fingerprint density at radius 3 is 2.36 bits per heavy atom. The molecule has 0 amide bonds. The predicted octanol–water partition coefficient (Wildman–Crippen LogP) is 1.09. The fraction of sp³-hybridized carbons (Fsp3) is 0. The molecule has 0 atom stereocenters. The Bertz CT molecular complexity index is 411. The van der Waals surface area contributed by atoms with Crippen molar-refractivity contribution in [2.75, 3.05) is 0 Å². The van der Waals surface area contributed by atoms with E-state index in [0.29, 0.717) is 5.46 Å². The number of hydrogen-bond acceptors (Lipinski definition) is 3. The smallest absolute Gasteiger partial charge is 0.423 e. The monoisotopic (exact) mass is 204 g/mol. The molecule has 2 nitrogen and oxygen atoms in total. The minimum atomic E-state index is -1.37. The first kappa shape index (κ1) is 9.46. The van der Waals surface area contributed by atoms with Gasteiger partial charge in [0.1, 0.15) is 0 Å². The maximum Gasteiger partial charge on any atom is 0.489 e. The van der Waals surface area contributed by atoms with Gasteiger partial charge < -0.3 is 10.0 Å². The van der Waals surface area contributed by atoms with Crippen LogP contribution in [0.2, 0.25) is 0 Å². The lowest BCUT2D eigenvalue weighted by Crippen LogP contribution is -2.27. The van der Waals surface area contributed by atoms with Crippen LogP contribution in [0.5, 0.6) is 0 Å². The highest BCUT2D eigenvalue weighted by Crippen LogP contribution is 2.22. The standard InChI is InChI=1S/C10H9BO2S/c12-11(13)9-6-10(14-7-9)8-4-2-1-3-5-8/h1-7,12-13H. The first-order chi connectivity index (χ1) is 6.77. The molecule has 1 heterocycles. The van der Waals surface area contributed by atoms with Crippen LogP contribution in [0.1, 0.15) is 0 Å². The second-order valence-corrected chi connectivity index (χ2v) is 3.90. The molecule has 4 heteroatoms. The highest BCUT2D eigenvalue weighted by atomic mass is 32.1. The molecule has 0 saturated heterocycles. The summed E-state index contributed by atoms with van der Waals surface area (Å²) in [5, 5.41) is 19.6. The minimum Gasteiger partial charge on any atom is -0.423 e. The van der Waals surface area contributed by atoms with Crippen LogP contribution in [0, 0.1) is 0 Å². The number of hydrogen-bond donors (Lipinski definition) is 2. The Kier molecular flexibility index (Phi) is 2.68. The van der Waals surface area contributed by atoms with Gasteiger partial charge in [-0.15, -0.1) is 11.3 Å². The third-order valence-electron chi connectivity index (χ3n) is 1.98. The Morgan fingerprint density at radius 2 is 1.79 bits per heavy atom.